The second-order valence-corrected chi connectivity index (χ2v) is 6.94. The third-order valence-corrected chi connectivity index (χ3v) is 5.39. The number of hydrogen-bond acceptors (Lipinski definition) is 4. The van der Waals surface area contributed by atoms with E-state index in [9.17, 15) is 4.79 Å². The normalized spacial score (nSPS) is 13.1. The van der Waals surface area contributed by atoms with Gasteiger partial charge in [-0.1, -0.05) is 48.2 Å². The van der Waals surface area contributed by atoms with Gasteiger partial charge in [0.05, 0.1) is 17.1 Å². The lowest BCUT2D eigenvalue weighted by atomic mass is 10.0. The van der Waals surface area contributed by atoms with E-state index in [0.29, 0.717) is 5.75 Å². The summed E-state index contributed by atoms with van der Waals surface area (Å²) in [6, 6.07) is 16.3. The van der Waals surface area contributed by atoms with Crippen molar-refractivity contribution in [3.8, 4) is 0 Å². The fourth-order valence-corrected chi connectivity index (χ4v) is 3.88. The third kappa shape index (κ3) is 3.05. The van der Waals surface area contributed by atoms with Gasteiger partial charge in [0.15, 0.2) is 5.16 Å². The summed E-state index contributed by atoms with van der Waals surface area (Å²) in [6.45, 7) is 0. The monoisotopic (exact) mass is 350 g/mol. The number of amides is 1. The van der Waals surface area contributed by atoms with Crippen molar-refractivity contribution in [3.05, 3.63) is 66.0 Å². The van der Waals surface area contributed by atoms with E-state index in [1.807, 2.05) is 52.9 Å². The minimum absolute atomic E-state index is 0.0507. The number of thioether (sulfide) groups is 1. The Hall–Kier alpha value is -2.60. The molecule has 0 aliphatic carbocycles. The van der Waals surface area contributed by atoms with Crippen LogP contribution in [0.4, 0.5) is 11.4 Å². The number of carbonyl (C=O) groups is 1. The molecule has 0 fully saturated rings. The Kier molecular flexibility index (Phi) is 4.28. The average Bonchev–Trinajstić information content (AvgIpc) is 2.97. The molecular formula is C19H18N4OS. The lowest BCUT2D eigenvalue weighted by Gasteiger charge is -2.24. The first-order valence-corrected chi connectivity index (χ1v) is 9.18. The Morgan fingerprint density at radius 3 is 2.20 bits per heavy atom. The predicted molar refractivity (Wildman–Crippen MR) is 99.2 cm³/mol. The van der Waals surface area contributed by atoms with Gasteiger partial charge in [-0.2, -0.15) is 0 Å². The quantitative estimate of drug-likeness (QED) is 0.680. The van der Waals surface area contributed by atoms with Gasteiger partial charge in [0, 0.05) is 7.05 Å². The van der Waals surface area contributed by atoms with E-state index < -0.39 is 0 Å². The zero-order chi connectivity index (χ0) is 17.2. The van der Waals surface area contributed by atoms with E-state index in [-0.39, 0.29) is 5.91 Å². The Morgan fingerprint density at radius 2 is 1.64 bits per heavy atom. The number of nitrogens with zero attached hydrogens (tertiary/aromatic N) is 4. The molecule has 0 spiro atoms. The standard InChI is InChI=1S/C19H18N4OS/c1-22-13-20-21-19(22)25-12-18(24)23-16-8-4-2-6-14(16)10-11-15-7-3-5-9-17(15)23/h2-9,13H,10-12H2,1H3. The predicted octanol–water partition coefficient (Wildman–Crippen LogP) is 3.37. The topological polar surface area (TPSA) is 51.0 Å². The molecule has 0 saturated carbocycles. The molecule has 2 aromatic carbocycles. The molecule has 0 bridgehead atoms. The molecule has 0 atom stereocenters. The van der Waals surface area contributed by atoms with Gasteiger partial charge in [-0.05, 0) is 36.1 Å². The van der Waals surface area contributed by atoms with Gasteiger partial charge in [-0.15, -0.1) is 10.2 Å². The summed E-state index contributed by atoms with van der Waals surface area (Å²) in [7, 11) is 1.88. The molecule has 6 heteroatoms. The molecule has 5 nitrogen and oxygen atoms in total. The number of para-hydroxylation sites is 2. The van der Waals surface area contributed by atoms with Crippen molar-refractivity contribution < 1.29 is 4.79 Å². The summed E-state index contributed by atoms with van der Waals surface area (Å²) in [4.78, 5) is 15.0. The highest BCUT2D eigenvalue weighted by molar-refractivity contribution is 7.99. The van der Waals surface area contributed by atoms with Crippen LogP contribution in [0.15, 0.2) is 60.0 Å². The van der Waals surface area contributed by atoms with Crippen LogP contribution in [0.3, 0.4) is 0 Å². The molecule has 0 saturated heterocycles. The number of rotatable bonds is 3. The van der Waals surface area contributed by atoms with Gasteiger partial charge < -0.3 is 4.57 Å². The number of aromatic nitrogens is 3. The molecule has 126 valence electrons. The van der Waals surface area contributed by atoms with Gasteiger partial charge in [0.1, 0.15) is 6.33 Å². The first-order chi connectivity index (χ1) is 12.2. The summed E-state index contributed by atoms with van der Waals surface area (Å²) in [5.74, 6) is 0.365. The molecule has 1 aromatic heterocycles. The molecule has 3 aromatic rings. The Balaban J connectivity index is 1.69. The highest BCUT2D eigenvalue weighted by Gasteiger charge is 2.25. The largest absolute Gasteiger partial charge is 0.312 e. The van der Waals surface area contributed by atoms with Crippen LogP contribution in [0.25, 0.3) is 0 Å². The van der Waals surface area contributed by atoms with Crippen LogP contribution in [-0.2, 0) is 24.7 Å². The summed E-state index contributed by atoms with van der Waals surface area (Å²) < 4.78 is 1.82. The summed E-state index contributed by atoms with van der Waals surface area (Å²) in [5.41, 5.74) is 4.37. The smallest absolute Gasteiger partial charge is 0.242 e. The van der Waals surface area contributed by atoms with Crippen molar-refractivity contribution >= 4 is 29.0 Å². The molecule has 2 heterocycles. The maximum absolute atomic E-state index is 13.1. The van der Waals surface area contributed by atoms with Crippen LogP contribution >= 0.6 is 11.8 Å². The number of carbonyl (C=O) groups excluding carboxylic acids is 1. The second-order valence-electron chi connectivity index (χ2n) is 6.00. The van der Waals surface area contributed by atoms with Crippen LogP contribution in [0.5, 0.6) is 0 Å². The minimum atomic E-state index is 0.0507. The van der Waals surface area contributed by atoms with Crippen LogP contribution in [-0.4, -0.2) is 26.4 Å². The fourth-order valence-electron chi connectivity index (χ4n) is 3.14. The Morgan fingerprint density at radius 1 is 1.04 bits per heavy atom. The van der Waals surface area contributed by atoms with E-state index in [0.717, 1.165) is 29.4 Å². The first-order valence-electron chi connectivity index (χ1n) is 8.19. The summed E-state index contributed by atoms with van der Waals surface area (Å²) in [5, 5.41) is 8.65. The van der Waals surface area contributed by atoms with E-state index >= 15 is 0 Å². The molecule has 0 radical (unpaired) electrons. The Bertz CT molecular complexity index is 874. The first kappa shape index (κ1) is 15.9. The third-order valence-electron chi connectivity index (χ3n) is 4.37. The van der Waals surface area contributed by atoms with E-state index in [1.165, 1.54) is 22.9 Å². The van der Waals surface area contributed by atoms with Crippen molar-refractivity contribution in [2.75, 3.05) is 10.7 Å². The number of anilines is 2. The maximum Gasteiger partial charge on any atom is 0.242 e. The van der Waals surface area contributed by atoms with E-state index in [4.69, 9.17) is 0 Å². The van der Waals surface area contributed by atoms with Crippen LogP contribution < -0.4 is 4.90 Å². The molecule has 1 aliphatic heterocycles. The zero-order valence-electron chi connectivity index (χ0n) is 13.9. The van der Waals surface area contributed by atoms with E-state index in [1.54, 1.807) is 6.33 Å². The summed E-state index contributed by atoms with van der Waals surface area (Å²) >= 11 is 1.41. The highest BCUT2D eigenvalue weighted by Crippen LogP contribution is 2.36. The fraction of sp³-hybridized carbons (Fsp3) is 0.211. The van der Waals surface area contributed by atoms with Crippen LogP contribution in [0.1, 0.15) is 11.1 Å². The van der Waals surface area contributed by atoms with Crippen molar-refractivity contribution in [3.63, 3.8) is 0 Å². The van der Waals surface area contributed by atoms with Crippen LogP contribution in [0.2, 0.25) is 0 Å². The lowest BCUT2D eigenvalue weighted by Crippen LogP contribution is -2.28. The molecule has 0 N–H and O–H groups in total. The van der Waals surface area contributed by atoms with Crippen molar-refractivity contribution in [2.45, 2.75) is 18.0 Å². The van der Waals surface area contributed by atoms with Gasteiger partial charge in [0.2, 0.25) is 5.91 Å². The second kappa shape index (κ2) is 6.72. The molecule has 0 unspecified atom stereocenters. The molecule has 1 amide bonds. The van der Waals surface area contributed by atoms with Gasteiger partial charge in [-0.25, -0.2) is 0 Å². The Labute approximate surface area is 150 Å². The van der Waals surface area contributed by atoms with E-state index in [2.05, 4.69) is 22.3 Å². The molecular weight excluding hydrogens is 332 g/mol. The van der Waals surface area contributed by atoms with Crippen molar-refractivity contribution in [1.29, 1.82) is 0 Å². The van der Waals surface area contributed by atoms with Gasteiger partial charge in [0.25, 0.3) is 0 Å². The van der Waals surface area contributed by atoms with Crippen molar-refractivity contribution in [1.82, 2.24) is 14.8 Å². The SMILES string of the molecule is Cn1cnnc1SCC(=O)N1c2ccccc2CCc2ccccc21. The maximum atomic E-state index is 13.1. The number of hydrogen-bond donors (Lipinski definition) is 0. The minimum Gasteiger partial charge on any atom is -0.312 e. The molecule has 4 rings (SSSR count). The van der Waals surface area contributed by atoms with Gasteiger partial charge in [-0.3, -0.25) is 9.69 Å². The summed E-state index contributed by atoms with van der Waals surface area (Å²) in [6.07, 6.45) is 3.52. The average molecular weight is 350 g/mol. The van der Waals surface area contributed by atoms with Crippen molar-refractivity contribution in [2.24, 2.45) is 7.05 Å². The molecule has 1 aliphatic rings. The number of benzene rings is 2. The molecule has 25 heavy (non-hydrogen) atoms. The zero-order valence-corrected chi connectivity index (χ0v) is 14.7. The number of aryl methyl sites for hydroxylation is 3. The van der Waals surface area contributed by atoms with Crippen LogP contribution in [0, 0.1) is 0 Å². The highest BCUT2D eigenvalue weighted by atomic mass is 32.2. The lowest BCUT2D eigenvalue weighted by molar-refractivity contribution is -0.115. The number of fused-ring (bicyclic) bond motifs is 2. The van der Waals surface area contributed by atoms with Gasteiger partial charge >= 0.3 is 0 Å².